The SMILES string of the molecule is Cc1ccc(S(=O)(=O)N2CCN(CC(=O)N(C)c3nccs3)CC2)cc1C. The second-order valence-electron chi connectivity index (χ2n) is 6.69. The summed E-state index contributed by atoms with van der Waals surface area (Å²) in [6, 6.07) is 5.23. The molecular formula is C18H24N4O3S2. The van der Waals surface area contributed by atoms with Crippen LogP contribution in [0.1, 0.15) is 11.1 Å². The Morgan fingerprint density at radius 1 is 1.19 bits per heavy atom. The van der Waals surface area contributed by atoms with Gasteiger partial charge in [-0.25, -0.2) is 13.4 Å². The van der Waals surface area contributed by atoms with Crippen LogP contribution in [0.2, 0.25) is 0 Å². The highest BCUT2D eigenvalue weighted by molar-refractivity contribution is 7.89. The van der Waals surface area contributed by atoms with E-state index in [1.807, 2.05) is 30.2 Å². The number of likely N-dealkylation sites (N-methyl/N-ethyl adjacent to an activating group) is 1. The van der Waals surface area contributed by atoms with Gasteiger partial charge in [-0.15, -0.1) is 11.3 Å². The van der Waals surface area contributed by atoms with Gasteiger partial charge >= 0.3 is 0 Å². The number of amides is 1. The Hall–Kier alpha value is -1.81. The minimum absolute atomic E-state index is 0.0459. The Morgan fingerprint density at radius 2 is 1.89 bits per heavy atom. The zero-order valence-corrected chi connectivity index (χ0v) is 17.4. The van der Waals surface area contributed by atoms with Crippen LogP contribution in [0.3, 0.4) is 0 Å². The lowest BCUT2D eigenvalue weighted by atomic mass is 10.1. The number of piperazine rings is 1. The predicted molar refractivity (Wildman–Crippen MR) is 107 cm³/mol. The van der Waals surface area contributed by atoms with Crippen molar-refractivity contribution in [2.75, 3.05) is 44.7 Å². The Bertz CT molecular complexity index is 905. The second kappa shape index (κ2) is 8.05. The highest BCUT2D eigenvalue weighted by atomic mass is 32.2. The van der Waals surface area contributed by atoms with Crippen LogP contribution in [-0.4, -0.2) is 68.3 Å². The van der Waals surface area contributed by atoms with Gasteiger partial charge in [0, 0.05) is 44.8 Å². The molecule has 9 heteroatoms. The van der Waals surface area contributed by atoms with Crippen molar-refractivity contribution in [3.05, 3.63) is 40.9 Å². The van der Waals surface area contributed by atoms with Crippen LogP contribution >= 0.6 is 11.3 Å². The quantitative estimate of drug-likeness (QED) is 0.753. The first kappa shape index (κ1) is 19.9. The Balaban J connectivity index is 1.59. The number of aryl methyl sites for hydroxylation is 2. The predicted octanol–water partition coefficient (Wildman–Crippen LogP) is 1.73. The van der Waals surface area contributed by atoms with Gasteiger partial charge in [0.25, 0.3) is 0 Å². The molecule has 0 saturated carbocycles. The average Bonchev–Trinajstić information content (AvgIpc) is 3.18. The molecule has 1 amide bonds. The van der Waals surface area contributed by atoms with E-state index in [2.05, 4.69) is 4.98 Å². The first-order valence-corrected chi connectivity index (χ1v) is 11.1. The van der Waals surface area contributed by atoms with Gasteiger partial charge in [0.2, 0.25) is 15.9 Å². The molecule has 146 valence electrons. The molecule has 1 aliphatic rings. The average molecular weight is 409 g/mol. The minimum Gasteiger partial charge on any atom is -0.292 e. The number of aromatic nitrogens is 1. The van der Waals surface area contributed by atoms with Crippen LogP contribution in [0, 0.1) is 13.8 Å². The number of rotatable bonds is 5. The highest BCUT2D eigenvalue weighted by Crippen LogP contribution is 2.21. The lowest BCUT2D eigenvalue weighted by molar-refractivity contribution is -0.119. The molecule has 1 aromatic carbocycles. The van der Waals surface area contributed by atoms with Gasteiger partial charge in [-0.1, -0.05) is 6.07 Å². The summed E-state index contributed by atoms with van der Waals surface area (Å²) in [7, 11) is -1.79. The van der Waals surface area contributed by atoms with E-state index >= 15 is 0 Å². The topological polar surface area (TPSA) is 73.8 Å². The van der Waals surface area contributed by atoms with E-state index in [1.165, 1.54) is 15.6 Å². The molecule has 1 aromatic heterocycles. The Labute approximate surface area is 164 Å². The van der Waals surface area contributed by atoms with Crippen LogP contribution in [0.15, 0.2) is 34.7 Å². The van der Waals surface area contributed by atoms with Gasteiger partial charge in [-0.3, -0.25) is 14.6 Å². The molecule has 27 heavy (non-hydrogen) atoms. The van der Waals surface area contributed by atoms with Crippen molar-refractivity contribution in [3.8, 4) is 0 Å². The van der Waals surface area contributed by atoms with Crippen molar-refractivity contribution in [3.63, 3.8) is 0 Å². The number of hydrogen-bond donors (Lipinski definition) is 0. The fourth-order valence-corrected chi connectivity index (χ4v) is 5.07. The fourth-order valence-electron chi connectivity index (χ4n) is 2.94. The standard InChI is InChI=1S/C18H24N4O3S2/c1-14-4-5-16(12-15(14)2)27(24,25)22-9-7-21(8-10-22)13-17(23)20(3)18-19-6-11-26-18/h4-6,11-12H,7-10,13H2,1-3H3. The zero-order valence-electron chi connectivity index (χ0n) is 15.8. The molecule has 2 aromatic rings. The molecule has 2 heterocycles. The molecule has 0 radical (unpaired) electrons. The van der Waals surface area contributed by atoms with Gasteiger partial charge in [0.15, 0.2) is 5.13 Å². The molecular weight excluding hydrogens is 384 g/mol. The lowest BCUT2D eigenvalue weighted by Gasteiger charge is -2.34. The third-order valence-corrected chi connectivity index (χ3v) is 7.63. The van der Waals surface area contributed by atoms with Crippen LogP contribution in [0.25, 0.3) is 0 Å². The monoisotopic (exact) mass is 408 g/mol. The van der Waals surface area contributed by atoms with E-state index in [0.29, 0.717) is 36.2 Å². The summed E-state index contributed by atoms with van der Waals surface area (Å²) < 4.78 is 27.2. The van der Waals surface area contributed by atoms with E-state index in [0.717, 1.165) is 11.1 Å². The maximum absolute atomic E-state index is 12.9. The van der Waals surface area contributed by atoms with Crippen LogP contribution in [0.4, 0.5) is 5.13 Å². The molecule has 1 saturated heterocycles. The molecule has 0 spiro atoms. The zero-order chi connectivity index (χ0) is 19.6. The number of nitrogens with zero attached hydrogens (tertiary/aromatic N) is 4. The molecule has 7 nitrogen and oxygen atoms in total. The van der Waals surface area contributed by atoms with Gasteiger partial charge in [-0.05, 0) is 37.1 Å². The number of sulfonamides is 1. The molecule has 0 bridgehead atoms. The largest absolute Gasteiger partial charge is 0.292 e. The second-order valence-corrected chi connectivity index (χ2v) is 9.50. The number of benzene rings is 1. The van der Waals surface area contributed by atoms with E-state index < -0.39 is 10.0 Å². The summed E-state index contributed by atoms with van der Waals surface area (Å²) in [5, 5.41) is 2.49. The van der Waals surface area contributed by atoms with E-state index in [4.69, 9.17) is 0 Å². The Kier molecular flexibility index (Phi) is 5.95. The molecule has 0 unspecified atom stereocenters. The van der Waals surface area contributed by atoms with E-state index in [-0.39, 0.29) is 12.5 Å². The smallest absolute Gasteiger partial charge is 0.243 e. The van der Waals surface area contributed by atoms with Crippen molar-refractivity contribution in [1.82, 2.24) is 14.2 Å². The van der Waals surface area contributed by atoms with Gasteiger partial charge in [0.05, 0.1) is 11.4 Å². The summed E-state index contributed by atoms with van der Waals surface area (Å²) in [6.45, 7) is 5.95. The summed E-state index contributed by atoms with van der Waals surface area (Å²) in [6.07, 6.45) is 1.67. The summed E-state index contributed by atoms with van der Waals surface area (Å²) in [5.74, 6) is -0.0459. The molecule has 0 N–H and O–H groups in total. The van der Waals surface area contributed by atoms with Crippen molar-refractivity contribution in [2.45, 2.75) is 18.7 Å². The first-order chi connectivity index (χ1) is 12.8. The number of carbonyl (C=O) groups is 1. The number of hydrogen-bond acceptors (Lipinski definition) is 6. The normalized spacial score (nSPS) is 16.4. The molecule has 0 aliphatic carbocycles. The fraction of sp³-hybridized carbons (Fsp3) is 0.444. The Morgan fingerprint density at radius 3 is 2.48 bits per heavy atom. The minimum atomic E-state index is -3.50. The number of thiazole rings is 1. The number of anilines is 1. The van der Waals surface area contributed by atoms with Crippen molar-refractivity contribution < 1.29 is 13.2 Å². The van der Waals surface area contributed by atoms with Crippen LogP contribution in [0.5, 0.6) is 0 Å². The van der Waals surface area contributed by atoms with E-state index in [1.54, 1.807) is 30.3 Å². The van der Waals surface area contributed by atoms with Crippen LogP contribution < -0.4 is 4.90 Å². The summed E-state index contributed by atoms with van der Waals surface area (Å²) in [5.41, 5.74) is 2.03. The highest BCUT2D eigenvalue weighted by Gasteiger charge is 2.29. The van der Waals surface area contributed by atoms with Gasteiger partial charge in [-0.2, -0.15) is 4.31 Å². The maximum atomic E-state index is 12.9. The van der Waals surface area contributed by atoms with Crippen molar-refractivity contribution in [1.29, 1.82) is 0 Å². The molecule has 1 aliphatic heterocycles. The molecule has 1 fully saturated rings. The summed E-state index contributed by atoms with van der Waals surface area (Å²) >= 11 is 1.41. The van der Waals surface area contributed by atoms with Gasteiger partial charge in [0.1, 0.15) is 0 Å². The first-order valence-electron chi connectivity index (χ1n) is 8.75. The van der Waals surface area contributed by atoms with Crippen LogP contribution in [-0.2, 0) is 14.8 Å². The van der Waals surface area contributed by atoms with Crippen molar-refractivity contribution >= 4 is 32.4 Å². The van der Waals surface area contributed by atoms with Crippen molar-refractivity contribution in [2.24, 2.45) is 0 Å². The summed E-state index contributed by atoms with van der Waals surface area (Å²) in [4.78, 5) is 20.4. The third-order valence-electron chi connectivity index (χ3n) is 4.89. The molecule has 3 rings (SSSR count). The number of carbonyl (C=O) groups excluding carboxylic acids is 1. The lowest BCUT2D eigenvalue weighted by Crippen LogP contribution is -2.51. The molecule has 0 atom stereocenters. The maximum Gasteiger partial charge on any atom is 0.243 e. The van der Waals surface area contributed by atoms with E-state index in [9.17, 15) is 13.2 Å². The van der Waals surface area contributed by atoms with Gasteiger partial charge < -0.3 is 0 Å². The third kappa shape index (κ3) is 4.37.